The number of anilines is 3. The first-order valence-electron chi connectivity index (χ1n) is 12.3. The number of aromatic nitrogens is 3. The first-order chi connectivity index (χ1) is 18.1. The number of benzene rings is 1. The quantitative estimate of drug-likeness (QED) is 0.400. The Labute approximate surface area is 212 Å². The van der Waals surface area contributed by atoms with Gasteiger partial charge in [0.15, 0.2) is 0 Å². The number of ether oxygens (including phenoxy) is 1. The summed E-state index contributed by atoms with van der Waals surface area (Å²) in [6, 6.07) is 11.6. The van der Waals surface area contributed by atoms with Gasteiger partial charge in [-0.3, -0.25) is 9.59 Å². The van der Waals surface area contributed by atoms with Crippen LogP contribution in [0.2, 0.25) is 0 Å². The third-order valence-corrected chi connectivity index (χ3v) is 7.41. The minimum atomic E-state index is -0.348. The highest BCUT2D eigenvalue weighted by atomic mass is 16.5. The van der Waals surface area contributed by atoms with Crippen molar-refractivity contribution in [1.29, 1.82) is 0 Å². The molecule has 1 aromatic carbocycles. The lowest BCUT2D eigenvalue weighted by Crippen LogP contribution is -2.52. The number of hydrogen-bond acceptors (Lipinski definition) is 7. The average Bonchev–Trinajstić information content (AvgIpc) is 3.47. The number of rotatable bonds is 3. The van der Waals surface area contributed by atoms with Gasteiger partial charge in [0.05, 0.1) is 42.4 Å². The molecule has 0 spiro atoms. The van der Waals surface area contributed by atoms with Crippen LogP contribution in [0.4, 0.5) is 17.2 Å². The fourth-order valence-electron chi connectivity index (χ4n) is 5.59. The zero-order valence-corrected chi connectivity index (χ0v) is 20.2. The summed E-state index contributed by atoms with van der Waals surface area (Å²) in [7, 11) is 1.97. The molecule has 4 aromatic rings. The molecule has 0 unspecified atom stereocenters. The maximum absolute atomic E-state index is 12.9. The van der Waals surface area contributed by atoms with Gasteiger partial charge >= 0.3 is 0 Å². The largest absolute Gasteiger partial charge is 0.377 e. The lowest BCUT2D eigenvalue weighted by Gasteiger charge is -2.35. The molecule has 10 nitrogen and oxygen atoms in total. The first kappa shape index (κ1) is 21.8. The van der Waals surface area contributed by atoms with Gasteiger partial charge in [-0.1, -0.05) is 6.07 Å². The zero-order chi connectivity index (χ0) is 25.1. The van der Waals surface area contributed by atoms with Crippen molar-refractivity contribution >= 4 is 40.0 Å². The SMILES string of the molecule is Cn1ccc2c(-c3ccc(Nc4ccc5c(n4)CNC(=O)[C@@H]4COCCN54)c4c3CNC4=O)ccnc21. The second-order valence-electron chi connectivity index (χ2n) is 9.51. The van der Waals surface area contributed by atoms with E-state index in [2.05, 4.69) is 31.9 Å². The van der Waals surface area contributed by atoms with Gasteiger partial charge in [-0.25, -0.2) is 9.97 Å². The maximum Gasteiger partial charge on any atom is 0.254 e. The number of morpholine rings is 1. The third-order valence-electron chi connectivity index (χ3n) is 7.41. The fourth-order valence-corrected chi connectivity index (χ4v) is 5.59. The highest BCUT2D eigenvalue weighted by Gasteiger charge is 2.34. The number of amides is 2. The molecule has 7 rings (SSSR count). The summed E-state index contributed by atoms with van der Waals surface area (Å²) in [4.78, 5) is 36.9. The predicted molar refractivity (Wildman–Crippen MR) is 139 cm³/mol. The van der Waals surface area contributed by atoms with E-state index < -0.39 is 0 Å². The number of carbonyl (C=O) groups excluding carboxylic acids is 2. The summed E-state index contributed by atoms with van der Waals surface area (Å²) in [6.45, 7) is 2.37. The van der Waals surface area contributed by atoms with Gasteiger partial charge in [0.1, 0.15) is 17.5 Å². The summed E-state index contributed by atoms with van der Waals surface area (Å²) < 4.78 is 7.51. The van der Waals surface area contributed by atoms with Crippen LogP contribution in [0.5, 0.6) is 0 Å². The van der Waals surface area contributed by atoms with E-state index >= 15 is 0 Å². The van der Waals surface area contributed by atoms with Crippen LogP contribution < -0.4 is 20.9 Å². The smallest absolute Gasteiger partial charge is 0.254 e. The Hall–Kier alpha value is -4.44. The molecule has 2 amide bonds. The van der Waals surface area contributed by atoms with Crippen molar-refractivity contribution in [2.75, 3.05) is 30.0 Å². The van der Waals surface area contributed by atoms with Crippen molar-refractivity contribution < 1.29 is 14.3 Å². The molecular weight excluding hydrogens is 470 g/mol. The lowest BCUT2D eigenvalue weighted by molar-refractivity contribution is -0.124. The van der Waals surface area contributed by atoms with Crippen LogP contribution in [0.3, 0.4) is 0 Å². The molecule has 1 fully saturated rings. The zero-order valence-electron chi connectivity index (χ0n) is 20.2. The summed E-state index contributed by atoms with van der Waals surface area (Å²) >= 11 is 0. The Balaban J connectivity index is 1.26. The van der Waals surface area contributed by atoms with Crippen LogP contribution >= 0.6 is 0 Å². The van der Waals surface area contributed by atoms with Crippen molar-refractivity contribution in [3.05, 3.63) is 65.6 Å². The molecule has 186 valence electrons. The van der Waals surface area contributed by atoms with Gasteiger partial charge < -0.3 is 30.2 Å². The molecule has 3 aliphatic heterocycles. The summed E-state index contributed by atoms with van der Waals surface area (Å²) in [5.74, 6) is 0.445. The molecule has 1 atom stereocenters. The molecule has 37 heavy (non-hydrogen) atoms. The number of hydrogen-bond donors (Lipinski definition) is 3. The van der Waals surface area contributed by atoms with E-state index in [4.69, 9.17) is 9.72 Å². The highest BCUT2D eigenvalue weighted by Crippen LogP contribution is 2.38. The van der Waals surface area contributed by atoms with E-state index in [9.17, 15) is 9.59 Å². The van der Waals surface area contributed by atoms with Gasteiger partial charge in [0, 0.05) is 37.9 Å². The van der Waals surface area contributed by atoms with E-state index in [1.54, 1.807) is 6.20 Å². The number of pyridine rings is 2. The topological polar surface area (TPSA) is 113 Å². The second-order valence-corrected chi connectivity index (χ2v) is 9.51. The highest BCUT2D eigenvalue weighted by molar-refractivity contribution is 6.07. The number of aryl methyl sites for hydroxylation is 1. The molecular formula is C27H25N7O3. The number of fused-ring (bicyclic) bond motifs is 5. The normalized spacial score (nSPS) is 18.5. The van der Waals surface area contributed by atoms with Crippen LogP contribution in [0.15, 0.2) is 48.8 Å². The van der Waals surface area contributed by atoms with Crippen molar-refractivity contribution in [1.82, 2.24) is 25.2 Å². The van der Waals surface area contributed by atoms with E-state index in [1.807, 2.05) is 48.1 Å². The van der Waals surface area contributed by atoms with Crippen molar-refractivity contribution in [2.45, 2.75) is 19.1 Å². The summed E-state index contributed by atoms with van der Waals surface area (Å²) in [6.07, 6.45) is 3.80. The Morgan fingerprint density at radius 3 is 2.89 bits per heavy atom. The Kier molecular flexibility index (Phi) is 4.90. The molecule has 0 radical (unpaired) electrons. The molecule has 0 bridgehead atoms. The van der Waals surface area contributed by atoms with Gasteiger partial charge in [-0.05, 0) is 47.0 Å². The van der Waals surface area contributed by atoms with E-state index in [0.717, 1.165) is 39.1 Å². The van der Waals surface area contributed by atoms with Crippen LogP contribution in [-0.4, -0.2) is 52.1 Å². The maximum atomic E-state index is 12.9. The van der Waals surface area contributed by atoms with E-state index in [1.165, 1.54) is 0 Å². The van der Waals surface area contributed by atoms with E-state index in [-0.39, 0.29) is 17.9 Å². The Morgan fingerprint density at radius 2 is 1.97 bits per heavy atom. The van der Waals surface area contributed by atoms with Crippen LogP contribution in [0.1, 0.15) is 21.6 Å². The predicted octanol–water partition coefficient (Wildman–Crippen LogP) is 2.46. The molecule has 3 aromatic heterocycles. The molecule has 3 aliphatic rings. The summed E-state index contributed by atoms with van der Waals surface area (Å²) in [5, 5.41) is 10.4. The van der Waals surface area contributed by atoms with Crippen molar-refractivity contribution in [3.8, 4) is 11.1 Å². The van der Waals surface area contributed by atoms with Crippen molar-refractivity contribution in [3.63, 3.8) is 0 Å². The minimum Gasteiger partial charge on any atom is -0.377 e. The Morgan fingerprint density at radius 1 is 1.05 bits per heavy atom. The molecule has 0 aliphatic carbocycles. The number of nitrogens with one attached hydrogen (secondary N) is 3. The monoisotopic (exact) mass is 495 g/mol. The van der Waals surface area contributed by atoms with Crippen LogP contribution in [0.25, 0.3) is 22.2 Å². The lowest BCUT2D eigenvalue weighted by atomic mass is 9.94. The van der Waals surface area contributed by atoms with E-state index in [0.29, 0.717) is 49.9 Å². The first-order valence-corrected chi connectivity index (χ1v) is 12.3. The number of nitrogens with zero attached hydrogens (tertiary/aromatic N) is 4. The number of carbonyl (C=O) groups is 2. The van der Waals surface area contributed by atoms with Gasteiger partial charge in [-0.15, -0.1) is 0 Å². The minimum absolute atomic E-state index is 0.0547. The summed E-state index contributed by atoms with van der Waals surface area (Å²) in [5.41, 5.74) is 6.93. The molecule has 10 heteroatoms. The second kappa shape index (κ2) is 8.31. The van der Waals surface area contributed by atoms with Crippen LogP contribution in [0, 0.1) is 0 Å². The molecule has 0 saturated carbocycles. The van der Waals surface area contributed by atoms with Gasteiger partial charge in [0.2, 0.25) is 5.91 Å². The molecule has 3 N–H and O–H groups in total. The average molecular weight is 496 g/mol. The molecule has 1 saturated heterocycles. The van der Waals surface area contributed by atoms with Gasteiger partial charge in [0.25, 0.3) is 5.91 Å². The fraction of sp³-hybridized carbons (Fsp3) is 0.259. The Bertz CT molecular complexity index is 1590. The molecule has 6 heterocycles. The van der Waals surface area contributed by atoms with Crippen molar-refractivity contribution in [2.24, 2.45) is 7.05 Å². The van der Waals surface area contributed by atoms with Gasteiger partial charge in [-0.2, -0.15) is 0 Å². The third kappa shape index (κ3) is 3.44. The standard InChI is InChI=1S/C27H25N7O3/c1-33-9-7-17-16(6-8-28-25(17)33)15-2-3-19(24-18(15)12-29-27(24)36)31-23-5-4-21-20(32-23)13-30-26(35)22-14-37-11-10-34(21)22/h2-9,22H,10-14H2,1H3,(H,29,36)(H,30,35)(H,31,32)/t22-/m0/s1. The van der Waals surface area contributed by atoms with Crippen LogP contribution in [-0.2, 0) is 29.7 Å².